The van der Waals surface area contributed by atoms with E-state index in [2.05, 4.69) is 15.6 Å². The van der Waals surface area contributed by atoms with Gasteiger partial charge in [0.25, 0.3) is 0 Å². The molecule has 1 rings (SSSR count). The number of rotatable bonds is 6. The Kier molecular flexibility index (Phi) is 6.35. The summed E-state index contributed by atoms with van der Waals surface area (Å²) in [5.41, 5.74) is 0.919. The van der Waals surface area contributed by atoms with Gasteiger partial charge in [0.15, 0.2) is 0 Å². The highest BCUT2D eigenvalue weighted by Gasteiger charge is 2.09. The van der Waals surface area contributed by atoms with E-state index < -0.39 is 0 Å². The Hall–Kier alpha value is -2.11. The monoisotopic (exact) mass is 265 g/mol. The SMILES string of the molecule is CCOC(=O)CCNC(=O)N[C@H](C)c1cccnc1. The predicted octanol–water partition coefficient (Wildman–Crippen LogP) is 1.39. The summed E-state index contributed by atoms with van der Waals surface area (Å²) in [5.74, 6) is -0.317. The molecule has 0 radical (unpaired) electrons. The molecule has 0 bridgehead atoms. The minimum absolute atomic E-state index is 0.142. The number of urea groups is 1. The molecule has 1 atom stereocenters. The average Bonchev–Trinajstić information content (AvgIpc) is 2.40. The molecule has 0 aliphatic heterocycles. The third-order valence-electron chi connectivity index (χ3n) is 2.45. The number of ether oxygens (including phenoxy) is 1. The zero-order valence-electron chi connectivity index (χ0n) is 11.2. The van der Waals surface area contributed by atoms with Crippen LogP contribution in [-0.2, 0) is 9.53 Å². The number of pyridine rings is 1. The van der Waals surface area contributed by atoms with E-state index in [1.54, 1.807) is 19.3 Å². The Morgan fingerprint density at radius 3 is 2.89 bits per heavy atom. The van der Waals surface area contributed by atoms with Crippen LogP contribution in [-0.4, -0.2) is 30.1 Å². The standard InChI is InChI=1S/C13H19N3O3/c1-3-19-12(17)6-8-15-13(18)16-10(2)11-5-4-7-14-9-11/h4-5,7,9-10H,3,6,8H2,1-2H3,(H2,15,16,18)/t10-/m1/s1. The third kappa shape index (κ3) is 5.85. The van der Waals surface area contributed by atoms with Crippen molar-refractivity contribution in [2.75, 3.05) is 13.2 Å². The van der Waals surface area contributed by atoms with Crippen LogP contribution in [0.1, 0.15) is 31.9 Å². The number of nitrogens with zero attached hydrogens (tertiary/aromatic N) is 1. The van der Waals surface area contributed by atoms with E-state index in [-0.39, 0.29) is 31.0 Å². The normalized spacial score (nSPS) is 11.5. The van der Waals surface area contributed by atoms with Crippen molar-refractivity contribution in [2.24, 2.45) is 0 Å². The molecule has 19 heavy (non-hydrogen) atoms. The van der Waals surface area contributed by atoms with Gasteiger partial charge in [-0.25, -0.2) is 4.79 Å². The zero-order chi connectivity index (χ0) is 14.1. The number of nitrogens with one attached hydrogen (secondary N) is 2. The second kappa shape index (κ2) is 8.07. The second-order valence-corrected chi connectivity index (χ2v) is 3.96. The molecule has 0 saturated carbocycles. The van der Waals surface area contributed by atoms with Gasteiger partial charge in [-0.15, -0.1) is 0 Å². The van der Waals surface area contributed by atoms with Crippen molar-refractivity contribution in [3.8, 4) is 0 Å². The van der Waals surface area contributed by atoms with Crippen molar-refractivity contribution in [1.29, 1.82) is 0 Å². The molecular weight excluding hydrogens is 246 g/mol. The molecule has 6 nitrogen and oxygen atoms in total. The smallest absolute Gasteiger partial charge is 0.315 e. The van der Waals surface area contributed by atoms with Crippen LogP contribution in [0.3, 0.4) is 0 Å². The minimum atomic E-state index is -0.319. The van der Waals surface area contributed by atoms with Crippen LogP contribution in [0.2, 0.25) is 0 Å². The number of hydrogen-bond donors (Lipinski definition) is 2. The van der Waals surface area contributed by atoms with Crippen molar-refractivity contribution in [3.05, 3.63) is 30.1 Å². The largest absolute Gasteiger partial charge is 0.466 e. The van der Waals surface area contributed by atoms with Gasteiger partial charge < -0.3 is 15.4 Å². The number of carbonyl (C=O) groups is 2. The van der Waals surface area contributed by atoms with Crippen molar-refractivity contribution in [2.45, 2.75) is 26.3 Å². The van der Waals surface area contributed by atoms with Crippen LogP contribution < -0.4 is 10.6 Å². The van der Waals surface area contributed by atoms with E-state index in [9.17, 15) is 9.59 Å². The zero-order valence-corrected chi connectivity index (χ0v) is 11.2. The van der Waals surface area contributed by atoms with E-state index in [1.165, 1.54) is 0 Å². The first-order valence-corrected chi connectivity index (χ1v) is 6.23. The number of esters is 1. The van der Waals surface area contributed by atoms with E-state index in [1.807, 2.05) is 19.1 Å². The highest BCUT2D eigenvalue weighted by molar-refractivity contribution is 5.75. The third-order valence-corrected chi connectivity index (χ3v) is 2.45. The fraction of sp³-hybridized carbons (Fsp3) is 0.462. The molecule has 0 aromatic carbocycles. The molecule has 0 unspecified atom stereocenters. The predicted molar refractivity (Wildman–Crippen MR) is 70.4 cm³/mol. The lowest BCUT2D eigenvalue weighted by Crippen LogP contribution is -2.38. The maximum atomic E-state index is 11.6. The molecule has 6 heteroatoms. The summed E-state index contributed by atoms with van der Waals surface area (Å²) in [5, 5.41) is 5.36. The Labute approximate surface area is 112 Å². The molecular formula is C13H19N3O3. The van der Waals surface area contributed by atoms with E-state index in [0.29, 0.717) is 6.61 Å². The summed E-state index contributed by atoms with van der Waals surface area (Å²) >= 11 is 0. The molecule has 1 heterocycles. The summed E-state index contributed by atoms with van der Waals surface area (Å²) in [6, 6.07) is 3.24. The van der Waals surface area contributed by atoms with Crippen molar-refractivity contribution >= 4 is 12.0 Å². The maximum Gasteiger partial charge on any atom is 0.315 e. The van der Waals surface area contributed by atoms with Gasteiger partial charge in [0.05, 0.1) is 19.1 Å². The van der Waals surface area contributed by atoms with Gasteiger partial charge >= 0.3 is 12.0 Å². The van der Waals surface area contributed by atoms with Gasteiger partial charge in [0.2, 0.25) is 0 Å². The van der Waals surface area contributed by atoms with E-state index in [0.717, 1.165) is 5.56 Å². The van der Waals surface area contributed by atoms with Gasteiger partial charge in [-0.2, -0.15) is 0 Å². The summed E-state index contributed by atoms with van der Waals surface area (Å²) in [7, 11) is 0. The molecule has 0 saturated heterocycles. The van der Waals surface area contributed by atoms with Crippen LogP contribution in [0.25, 0.3) is 0 Å². The summed E-state index contributed by atoms with van der Waals surface area (Å²) < 4.78 is 4.76. The van der Waals surface area contributed by atoms with Gasteiger partial charge in [-0.1, -0.05) is 6.07 Å². The molecule has 0 aliphatic rings. The van der Waals surface area contributed by atoms with Crippen LogP contribution in [0.5, 0.6) is 0 Å². The summed E-state index contributed by atoms with van der Waals surface area (Å²) in [6.07, 6.45) is 3.54. The number of amides is 2. The van der Waals surface area contributed by atoms with Crippen LogP contribution in [0, 0.1) is 0 Å². The Balaban J connectivity index is 2.26. The van der Waals surface area contributed by atoms with Crippen LogP contribution >= 0.6 is 0 Å². The lowest BCUT2D eigenvalue weighted by atomic mass is 10.1. The highest BCUT2D eigenvalue weighted by atomic mass is 16.5. The number of aromatic nitrogens is 1. The molecule has 0 fully saturated rings. The van der Waals surface area contributed by atoms with Gasteiger partial charge in [-0.05, 0) is 25.5 Å². The summed E-state index contributed by atoms with van der Waals surface area (Å²) in [6.45, 7) is 4.21. The van der Waals surface area contributed by atoms with Crippen molar-refractivity contribution < 1.29 is 14.3 Å². The fourth-order valence-electron chi connectivity index (χ4n) is 1.47. The first-order valence-electron chi connectivity index (χ1n) is 6.23. The Morgan fingerprint density at radius 2 is 2.26 bits per heavy atom. The van der Waals surface area contributed by atoms with Crippen molar-refractivity contribution in [3.63, 3.8) is 0 Å². The lowest BCUT2D eigenvalue weighted by Gasteiger charge is -2.14. The number of hydrogen-bond acceptors (Lipinski definition) is 4. The topological polar surface area (TPSA) is 80.3 Å². The molecule has 2 N–H and O–H groups in total. The van der Waals surface area contributed by atoms with Crippen LogP contribution in [0.4, 0.5) is 4.79 Å². The fourth-order valence-corrected chi connectivity index (χ4v) is 1.47. The highest BCUT2D eigenvalue weighted by Crippen LogP contribution is 2.08. The first-order chi connectivity index (χ1) is 9.13. The second-order valence-electron chi connectivity index (χ2n) is 3.96. The average molecular weight is 265 g/mol. The minimum Gasteiger partial charge on any atom is -0.466 e. The molecule has 0 spiro atoms. The van der Waals surface area contributed by atoms with Crippen LogP contribution in [0.15, 0.2) is 24.5 Å². The van der Waals surface area contributed by atoms with E-state index >= 15 is 0 Å². The molecule has 2 amide bonds. The Bertz CT molecular complexity index is 409. The lowest BCUT2D eigenvalue weighted by molar-refractivity contribution is -0.142. The Morgan fingerprint density at radius 1 is 1.47 bits per heavy atom. The van der Waals surface area contributed by atoms with Gasteiger partial charge in [-0.3, -0.25) is 9.78 Å². The van der Waals surface area contributed by atoms with E-state index in [4.69, 9.17) is 4.74 Å². The van der Waals surface area contributed by atoms with Gasteiger partial charge in [0, 0.05) is 18.9 Å². The molecule has 1 aromatic rings. The van der Waals surface area contributed by atoms with Crippen molar-refractivity contribution in [1.82, 2.24) is 15.6 Å². The maximum absolute atomic E-state index is 11.6. The summed E-state index contributed by atoms with van der Waals surface area (Å²) in [4.78, 5) is 26.6. The van der Waals surface area contributed by atoms with Gasteiger partial charge in [0.1, 0.15) is 0 Å². The first kappa shape index (κ1) is 14.9. The molecule has 0 aliphatic carbocycles. The number of carbonyl (C=O) groups excluding carboxylic acids is 2. The molecule has 104 valence electrons. The quantitative estimate of drug-likeness (QED) is 0.762. The molecule has 1 aromatic heterocycles.